The number of carbonyl (C=O) groups excluding carboxylic acids is 2. The highest BCUT2D eigenvalue weighted by Crippen LogP contribution is 2.36. The molecule has 0 spiro atoms. The molecule has 30 heavy (non-hydrogen) atoms. The quantitative estimate of drug-likeness (QED) is 0.428. The van der Waals surface area contributed by atoms with Crippen LogP contribution in [0.1, 0.15) is 53.9 Å². The minimum Gasteiger partial charge on any atom is -0.496 e. The molecule has 0 saturated carbocycles. The number of carbonyl (C=O) groups is 2. The van der Waals surface area contributed by atoms with Crippen LogP contribution in [0.5, 0.6) is 5.75 Å². The largest absolute Gasteiger partial charge is 0.496 e. The van der Waals surface area contributed by atoms with E-state index in [2.05, 4.69) is 17.6 Å². The second-order valence-electron chi connectivity index (χ2n) is 7.66. The zero-order chi connectivity index (χ0) is 21.7. The first-order valence-electron chi connectivity index (χ1n) is 10.4. The Morgan fingerprint density at radius 3 is 2.43 bits per heavy atom. The fourth-order valence-corrected chi connectivity index (χ4v) is 3.99. The number of aromatic nitrogens is 1. The van der Waals surface area contributed by atoms with E-state index in [9.17, 15) is 9.59 Å². The molecule has 0 radical (unpaired) electrons. The van der Waals surface area contributed by atoms with Crippen LogP contribution >= 0.6 is 0 Å². The number of ether oxygens (including phenoxy) is 1. The van der Waals surface area contributed by atoms with Crippen LogP contribution in [0.15, 0.2) is 48.5 Å². The molecule has 0 atom stereocenters. The molecule has 1 heterocycles. The standard InChI is InChI=1S/C26H29NO3/c1-5-9-23-24(15-20(13-12-19(3)29)16-25(23)30-4)27-18(2)14-22(17-28)26(27)21-10-7-6-8-11-21/h6-8,10-11,14-17H,5,9,12-13H2,1-4H3. The summed E-state index contributed by atoms with van der Waals surface area (Å²) in [5, 5.41) is 0. The molecule has 0 saturated heterocycles. The van der Waals surface area contributed by atoms with Crippen LogP contribution in [-0.2, 0) is 17.6 Å². The van der Waals surface area contributed by atoms with Gasteiger partial charge >= 0.3 is 0 Å². The topological polar surface area (TPSA) is 48.3 Å². The Balaban J connectivity index is 2.31. The molecule has 0 unspecified atom stereocenters. The van der Waals surface area contributed by atoms with Crippen molar-refractivity contribution in [3.05, 3.63) is 70.9 Å². The molecule has 0 fully saturated rings. The zero-order valence-corrected chi connectivity index (χ0v) is 18.2. The second-order valence-corrected chi connectivity index (χ2v) is 7.66. The number of rotatable bonds is 9. The molecule has 0 N–H and O–H groups in total. The fourth-order valence-electron chi connectivity index (χ4n) is 3.99. The maximum atomic E-state index is 11.9. The van der Waals surface area contributed by atoms with E-state index in [0.717, 1.165) is 58.6 Å². The SMILES string of the molecule is CCCc1c(OC)cc(CCC(C)=O)cc1-n1c(C)cc(C=O)c1-c1ccccc1. The Morgan fingerprint density at radius 2 is 1.83 bits per heavy atom. The molecule has 156 valence electrons. The van der Waals surface area contributed by atoms with E-state index < -0.39 is 0 Å². The van der Waals surface area contributed by atoms with Crippen LogP contribution in [0, 0.1) is 6.92 Å². The molecule has 0 aliphatic carbocycles. The summed E-state index contributed by atoms with van der Waals surface area (Å²) in [6.45, 7) is 5.78. The van der Waals surface area contributed by atoms with Crippen LogP contribution in [-0.4, -0.2) is 23.7 Å². The molecule has 3 aromatic rings. The normalized spacial score (nSPS) is 10.8. The predicted octanol–water partition coefficient (Wildman–Crippen LogP) is 5.75. The minimum absolute atomic E-state index is 0.165. The van der Waals surface area contributed by atoms with Gasteiger partial charge in [-0.2, -0.15) is 0 Å². The Labute approximate surface area is 178 Å². The van der Waals surface area contributed by atoms with E-state index in [1.807, 2.05) is 49.4 Å². The number of Topliss-reactive ketones (excluding diaryl/α,β-unsaturated/α-hetero) is 1. The average molecular weight is 404 g/mol. The summed E-state index contributed by atoms with van der Waals surface area (Å²) in [6, 6.07) is 16.1. The molecule has 0 aliphatic rings. The van der Waals surface area contributed by atoms with Gasteiger partial charge in [0.2, 0.25) is 0 Å². The third kappa shape index (κ3) is 4.38. The lowest BCUT2D eigenvalue weighted by Crippen LogP contribution is -2.08. The first kappa shape index (κ1) is 21.6. The number of methoxy groups -OCH3 is 1. The molecule has 0 aliphatic heterocycles. The highest BCUT2D eigenvalue weighted by molar-refractivity contribution is 5.88. The molecule has 2 aromatic carbocycles. The summed E-state index contributed by atoms with van der Waals surface area (Å²) >= 11 is 0. The number of aldehydes is 1. The summed E-state index contributed by atoms with van der Waals surface area (Å²) in [6.07, 6.45) is 3.89. The first-order chi connectivity index (χ1) is 14.5. The molecule has 3 rings (SSSR count). The summed E-state index contributed by atoms with van der Waals surface area (Å²) in [5.41, 5.74) is 6.69. The monoisotopic (exact) mass is 403 g/mol. The van der Waals surface area contributed by atoms with Gasteiger partial charge in [0.05, 0.1) is 18.5 Å². The molecule has 4 nitrogen and oxygen atoms in total. The molecular formula is C26H29NO3. The van der Waals surface area contributed by atoms with Gasteiger partial charge in [-0.25, -0.2) is 0 Å². The fraction of sp³-hybridized carbons (Fsp3) is 0.308. The van der Waals surface area contributed by atoms with Crippen molar-refractivity contribution in [3.8, 4) is 22.7 Å². The average Bonchev–Trinajstić information content (AvgIpc) is 3.09. The zero-order valence-electron chi connectivity index (χ0n) is 18.2. The van der Waals surface area contributed by atoms with Crippen molar-refractivity contribution < 1.29 is 14.3 Å². The number of ketones is 1. The lowest BCUT2D eigenvalue weighted by Gasteiger charge is -2.20. The Kier molecular flexibility index (Phi) is 6.88. The number of nitrogens with zero attached hydrogens (tertiary/aromatic N) is 1. The summed E-state index contributed by atoms with van der Waals surface area (Å²) < 4.78 is 7.91. The van der Waals surface area contributed by atoms with E-state index in [0.29, 0.717) is 18.4 Å². The maximum Gasteiger partial charge on any atom is 0.152 e. The number of hydrogen-bond acceptors (Lipinski definition) is 3. The summed E-state index contributed by atoms with van der Waals surface area (Å²) in [7, 11) is 1.69. The van der Waals surface area contributed by atoms with Crippen molar-refractivity contribution in [2.24, 2.45) is 0 Å². The van der Waals surface area contributed by atoms with Crippen LogP contribution in [0.4, 0.5) is 0 Å². The molecule has 4 heteroatoms. The minimum atomic E-state index is 0.165. The molecule has 1 aromatic heterocycles. The molecular weight excluding hydrogens is 374 g/mol. The van der Waals surface area contributed by atoms with Gasteiger partial charge in [0.15, 0.2) is 6.29 Å². The van der Waals surface area contributed by atoms with Gasteiger partial charge in [-0.05, 0) is 56.0 Å². The lowest BCUT2D eigenvalue weighted by molar-refractivity contribution is -0.116. The molecule has 0 bridgehead atoms. The van der Waals surface area contributed by atoms with Crippen LogP contribution in [0.2, 0.25) is 0 Å². The number of benzene rings is 2. The van der Waals surface area contributed by atoms with Crippen molar-refractivity contribution in [3.63, 3.8) is 0 Å². The van der Waals surface area contributed by atoms with Gasteiger partial charge in [-0.3, -0.25) is 4.79 Å². The van der Waals surface area contributed by atoms with Crippen molar-refractivity contribution in [2.45, 2.75) is 46.5 Å². The highest BCUT2D eigenvalue weighted by atomic mass is 16.5. The van der Waals surface area contributed by atoms with Crippen molar-refractivity contribution in [2.75, 3.05) is 7.11 Å². The van der Waals surface area contributed by atoms with E-state index in [1.165, 1.54) is 0 Å². The van der Waals surface area contributed by atoms with Crippen LogP contribution in [0.3, 0.4) is 0 Å². The van der Waals surface area contributed by atoms with Gasteiger partial charge in [-0.1, -0.05) is 43.7 Å². The van der Waals surface area contributed by atoms with E-state index >= 15 is 0 Å². The number of aryl methyl sites for hydroxylation is 2. The van der Waals surface area contributed by atoms with Gasteiger partial charge in [-0.15, -0.1) is 0 Å². The first-order valence-corrected chi connectivity index (χ1v) is 10.4. The summed E-state index contributed by atoms with van der Waals surface area (Å²) in [4.78, 5) is 23.5. The highest BCUT2D eigenvalue weighted by Gasteiger charge is 2.20. The van der Waals surface area contributed by atoms with Crippen LogP contribution < -0.4 is 4.74 Å². The maximum absolute atomic E-state index is 11.9. The number of hydrogen-bond donors (Lipinski definition) is 0. The Hall–Kier alpha value is -3.14. The third-order valence-electron chi connectivity index (χ3n) is 5.36. The smallest absolute Gasteiger partial charge is 0.152 e. The van der Waals surface area contributed by atoms with Gasteiger partial charge in [0.25, 0.3) is 0 Å². The van der Waals surface area contributed by atoms with Crippen LogP contribution in [0.25, 0.3) is 16.9 Å². The van der Waals surface area contributed by atoms with Gasteiger partial charge < -0.3 is 14.1 Å². The molecule has 0 amide bonds. The Morgan fingerprint density at radius 1 is 1.10 bits per heavy atom. The van der Waals surface area contributed by atoms with Gasteiger partial charge in [0, 0.05) is 23.2 Å². The van der Waals surface area contributed by atoms with E-state index in [1.54, 1.807) is 14.0 Å². The van der Waals surface area contributed by atoms with Crippen molar-refractivity contribution in [1.29, 1.82) is 0 Å². The van der Waals surface area contributed by atoms with Crippen molar-refractivity contribution in [1.82, 2.24) is 4.57 Å². The lowest BCUT2D eigenvalue weighted by atomic mass is 9.99. The van der Waals surface area contributed by atoms with E-state index in [4.69, 9.17) is 4.74 Å². The summed E-state index contributed by atoms with van der Waals surface area (Å²) in [5.74, 6) is 0.992. The van der Waals surface area contributed by atoms with Gasteiger partial charge in [0.1, 0.15) is 11.5 Å². The van der Waals surface area contributed by atoms with E-state index in [-0.39, 0.29) is 5.78 Å². The Bertz CT molecular complexity index is 1050. The van der Waals surface area contributed by atoms with Crippen molar-refractivity contribution >= 4 is 12.1 Å². The predicted molar refractivity (Wildman–Crippen MR) is 121 cm³/mol. The second kappa shape index (κ2) is 9.57. The third-order valence-corrected chi connectivity index (χ3v) is 5.36.